The standard InChI is InChI=1S/C21H19F3N4O5S/c22-21(23,24)17-16(20(30)31)9-14(10-25)18(27-17)26-15-7-6-13(8-15)19(29)28-34(32,33)11-12-4-2-1-3-5-12/h1-5,9,13,15H,6-8,11H2,(H,26,27)(H,28,29)(H,30,31)/p-1. The number of anilines is 1. The molecule has 2 unspecified atom stereocenters. The molecule has 13 heteroatoms. The Labute approximate surface area is 192 Å². The molecule has 0 radical (unpaired) electrons. The average molecular weight is 495 g/mol. The molecule has 1 saturated carbocycles. The van der Waals surface area contributed by atoms with Gasteiger partial charge in [-0.25, -0.2) is 13.4 Å². The number of aromatic nitrogens is 1. The highest BCUT2D eigenvalue weighted by atomic mass is 32.2. The van der Waals surface area contributed by atoms with Crippen LogP contribution in [-0.4, -0.2) is 31.3 Å². The Morgan fingerprint density at radius 2 is 1.88 bits per heavy atom. The summed E-state index contributed by atoms with van der Waals surface area (Å²) in [6.07, 6.45) is -4.50. The van der Waals surface area contributed by atoms with Crippen molar-refractivity contribution in [2.75, 3.05) is 5.32 Å². The van der Waals surface area contributed by atoms with Crippen LogP contribution >= 0.6 is 0 Å². The van der Waals surface area contributed by atoms with E-state index >= 15 is 0 Å². The van der Waals surface area contributed by atoms with Crippen LogP contribution in [0.5, 0.6) is 0 Å². The second-order valence-electron chi connectivity index (χ2n) is 7.74. The van der Waals surface area contributed by atoms with Gasteiger partial charge < -0.3 is 15.2 Å². The van der Waals surface area contributed by atoms with Gasteiger partial charge in [0.2, 0.25) is 15.9 Å². The van der Waals surface area contributed by atoms with E-state index in [1.165, 1.54) is 0 Å². The first-order valence-corrected chi connectivity index (χ1v) is 11.6. The minimum Gasteiger partial charge on any atom is -0.545 e. The first-order valence-electron chi connectivity index (χ1n) is 9.98. The van der Waals surface area contributed by atoms with E-state index in [1.807, 2.05) is 4.72 Å². The molecule has 1 aliphatic rings. The lowest BCUT2D eigenvalue weighted by Crippen LogP contribution is -2.36. The number of alkyl halides is 3. The molecule has 1 heterocycles. The lowest BCUT2D eigenvalue weighted by molar-refractivity contribution is -0.255. The van der Waals surface area contributed by atoms with E-state index in [2.05, 4.69) is 10.3 Å². The number of carbonyl (C=O) groups is 2. The summed E-state index contributed by atoms with van der Waals surface area (Å²) in [5, 5.41) is 22.9. The van der Waals surface area contributed by atoms with E-state index in [-0.39, 0.29) is 19.3 Å². The highest BCUT2D eigenvalue weighted by Crippen LogP contribution is 2.34. The molecule has 1 fully saturated rings. The van der Waals surface area contributed by atoms with Gasteiger partial charge in [0.05, 0.1) is 17.3 Å². The number of amides is 1. The summed E-state index contributed by atoms with van der Waals surface area (Å²) in [5.41, 5.74) is -2.93. The molecule has 34 heavy (non-hydrogen) atoms. The van der Waals surface area contributed by atoms with Crippen LogP contribution in [-0.2, 0) is 26.7 Å². The normalized spacial score (nSPS) is 18.2. The Morgan fingerprint density at radius 1 is 1.21 bits per heavy atom. The number of halogens is 3. The molecule has 0 bridgehead atoms. The smallest absolute Gasteiger partial charge is 0.434 e. The first kappa shape index (κ1) is 25.0. The van der Waals surface area contributed by atoms with Gasteiger partial charge >= 0.3 is 6.18 Å². The monoisotopic (exact) mass is 495 g/mol. The maximum Gasteiger partial charge on any atom is 0.434 e. The number of benzene rings is 1. The fraction of sp³-hybridized carbons (Fsp3) is 0.333. The van der Waals surface area contributed by atoms with Gasteiger partial charge in [-0.2, -0.15) is 18.4 Å². The predicted octanol–water partition coefficient (Wildman–Crippen LogP) is 1.56. The van der Waals surface area contributed by atoms with E-state index < -0.39 is 68.4 Å². The lowest BCUT2D eigenvalue weighted by atomic mass is 10.1. The third-order valence-corrected chi connectivity index (χ3v) is 6.46. The number of nitriles is 1. The van der Waals surface area contributed by atoms with Gasteiger partial charge in [0, 0.05) is 17.5 Å². The molecule has 1 aliphatic carbocycles. The highest BCUT2D eigenvalue weighted by Gasteiger charge is 2.38. The van der Waals surface area contributed by atoms with Gasteiger partial charge in [0.1, 0.15) is 11.9 Å². The maximum absolute atomic E-state index is 13.2. The minimum atomic E-state index is -5.11. The number of carboxylic acids is 1. The number of sulfonamides is 1. The number of nitrogens with zero attached hydrogens (tertiary/aromatic N) is 2. The third kappa shape index (κ3) is 6.02. The number of hydrogen-bond donors (Lipinski definition) is 2. The number of pyridine rings is 1. The highest BCUT2D eigenvalue weighted by molar-refractivity contribution is 7.89. The van der Waals surface area contributed by atoms with Crippen molar-refractivity contribution in [1.29, 1.82) is 5.26 Å². The summed E-state index contributed by atoms with van der Waals surface area (Å²) < 4.78 is 66.3. The molecule has 0 spiro atoms. The topological polar surface area (TPSA) is 152 Å². The fourth-order valence-electron chi connectivity index (χ4n) is 3.69. The van der Waals surface area contributed by atoms with E-state index in [0.717, 1.165) is 0 Å². The summed E-state index contributed by atoms with van der Waals surface area (Å²) >= 11 is 0. The van der Waals surface area contributed by atoms with Gasteiger partial charge in [0.15, 0.2) is 5.69 Å². The summed E-state index contributed by atoms with van der Waals surface area (Å²) in [6, 6.07) is 9.76. The van der Waals surface area contributed by atoms with Crippen molar-refractivity contribution in [2.24, 2.45) is 5.92 Å². The van der Waals surface area contributed by atoms with E-state index in [1.54, 1.807) is 36.4 Å². The number of rotatable bonds is 7. The fourth-order valence-corrected chi connectivity index (χ4v) is 4.87. The Morgan fingerprint density at radius 3 is 2.47 bits per heavy atom. The van der Waals surface area contributed by atoms with Crippen molar-refractivity contribution >= 4 is 27.7 Å². The molecular weight excluding hydrogens is 477 g/mol. The van der Waals surface area contributed by atoms with Crippen LogP contribution in [0.4, 0.5) is 19.0 Å². The van der Waals surface area contributed by atoms with Crippen molar-refractivity contribution in [3.05, 3.63) is 58.8 Å². The zero-order chi connectivity index (χ0) is 25.1. The Bertz CT molecular complexity index is 1240. The zero-order valence-electron chi connectivity index (χ0n) is 17.4. The van der Waals surface area contributed by atoms with Crippen LogP contribution < -0.4 is 15.1 Å². The Kier molecular flexibility index (Phi) is 7.11. The van der Waals surface area contributed by atoms with Crippen LogP contribution in [0.15, 0.2) is 36.4 Å². The van der Waals surface area contributed by atoms with Gasteiger partial charge in [-0.1, -0.05) is 30.3 Å². The molecule has 2 N–H and O–H groups in total. The lowest BCUT2D eigenvalue weighted by Gasteiger charge is -2.19. The molecule has 1 aromatic carbocycles. The molecule has 2 atom stereocenters. The molecule has 1 amide bonds. The quantitative estimate of drug-likeness (QED) is 0.587. The second kappa shape index (κ2) is 9.68. The third-order valence-electron chi connectivity index (χ3n) is 5.23. The molecule has 1 aromatic heterocycles. The predicted molar refractivity (Wildman–Crippen MR) is 110 cm³/mol. The molecule has 180 valence electrons. The molecular formula is C21H18F3N4O5S-. The number of carbonyl (C=O) groups excluding carboxylic acids is 2. The van der Waals surface area contributed by atoms with Crippen molar-refractivity contribution < 1.29 is 36.3 Å². The van der Waals surface area contributed by atoms with Gasteiger partial charge in [-0.3, -0.25) is 9.52 Å². The Hall–Kier alpha value is -3.66. The van der Waals surface area contributed by atoms with Crippen molar-refractivity contribution in [3.8, 4) is 6.07 Å². The summed E-state index contributed by atoms with van der Waals surface area (Å²) in [6.45, 7) is 0. The average Bonchev–Trinajstić information content (AvgIpc) is 3.21. The zero-order valence-corrected chi connectivity index (χ0v) is 18.2. The van der Waals surface area contributed by atoms with E-state index in [9.17, 15) is 41.5 Å². The van der Waals surface area contributed by atoms with Crippen molar-refractivity contribution in [3.63, 3.8) is 0 Å². The number of hydrogen-bond acceptors (Lipinski definition) is 8. The summed E-state index contributed by atoms with van der Waals surface area (Å²) in [7, 11) is -3.96. The van der Waals surface area contributed by atoms with Crippen LogP contribution in [0.2, 0.25) is 0 Å². The maximum atomic E-state index is 13.2. The van der Waals surface area contributed by atoms with E-state index in [4.69, 9.17) is 0 Å². The van der Waals surface area contributed by atoms with Crippen LogP contribution in [0.3, 0.4) is 0 Å². The molecule has 9 nitrogen and oxygen atoms in total. The van der Waals surface area contributed by atoms with Gasteiger partial charge in [-0.05, 0) is 30.9 Å². The molecule has 0 aliphatic heterocycles. The van der Waals surface area contributed by atoms with Crippen LogP contribution in [0, 0.1) is 17.2 Å². The SMILES string of the molecule is N#Cc1cc(C(=O)[O-])c(C(F)(F)F)nc1NC1CCC(C(=O)NS(=O)(=O)Cc2ccccc2)C1. The summed E-state index contributed by atoms with van der Waals surface area (Å²) in [5.74, 6) is -4.48. The van der Waals surface area contributed by atoms with Crippen molar-refractivity contribution in [2.45, 2.75) is 37.2 Å². The summed E-state index contributed by atoms with van der Waals surface area (Å²) in [4.78, 5) is 26.8. The number of aromatic carboxylic acids is 1. The number of nitrogens with one attached hydrogen (secondary N) is 2. The first-order chi connectivity index (χ1) is 15.9. The van der Waals surface area contributed by atoms with Gasteiger partial charge in [0.25, 0.3) is 0 Å². The van der Waals surface area contributed by atoms with E-state index in [0.29, 0.717) is 11.6 Å². The number of carboxylic acid groups (broad SMARTS) is 1. The van der Waals surface area contributed by atoms with Gasteiger partial charge in [-0.15, -0.1) is 0 Å². The largest absolute Gasteiger partial charge is 0.545 e. The second-order valence-corrected chi connectivity index (χ2v) is 9.46. The van der Waals surface area contributed by atoms with Crippen molar-refractivity contribution in [1.82, 2.24) is 9.71 Å². The molecule has 0 saturated heterocycles. The molecule has 3 rings (SSSR count). The van der Waals surface area contributed by atoms with Crippen LogP contribution in [0.1, 0.15) is 46.4 Å². The molecule has 2 aromatic rings. The Balaban J connectivity index is 1.71. The van der Waals surface area contributed by atoms with Crippen LogP contribution in [0.25, 0.3) is 0 Å². The minimum absolute atomic E-state index is 0.0722.